The minimum atomic E-state index is -4.97. The third-order valence-corrected chi connectivity index (χ3v) is 9.52. The molecule has 0 aliphatic rings. The van der Waals surface area contributed by atoms with E-state index in [0.717, 1.165) is 30.5 Å². The second-order valence-electron chi connectivity index (χ2n) is 8.65. The fourth-order valence-corrected chi connectivity index (χ4v) is 6.27. The van der Waals surface area contributed by atoms with Gasteiger partial charge in [0.25, 0.3) is 10.1 Å². The number of nitrogens with two attached hydrogens (primary N) is 2. The molecule has 0 spiro atoms. The first kappa shape index (κ1) is 30.3. The van der Waals surface area contributed by atoms with E-state index in [1.54, 1.807) is 18.2 Å². The molecule has 0 radical (unpaired) electrons. The number of benzene rings is 4. The van der Waals surface area contributed by atoms with Gasteiger partial charge in [0.15, 0.2) is 9.84 Å². The second kappa shape index (κ2) is 11.3. The number of hydrogen-bond donors (Lipinski definition) is 4. The first-order chi connectivity index (χ1) is 19.6. The number of rotatable bonds is 8. The Balaban J connectivity index is 1.86. The average Bonchev–Trinajstić information content (AvgIpc) is 2.92. The number of azo groups is 2. The molecule has 218 valence electrons. The first-order valence-electron chi connectivity index (χ1n) is 11.6. The van der Waals surface area contributed by atoms with Crippen LogP contribution in [-0.2, 0) is 29.8 Å². The molecule has 0 aliphatic carbocycles. The van der Waals surface area contributed by atoms with Crippen LogP contribution in [0.5, 0.6) is 5.75 Å². The summed E-state index contributed by atoms with van der Waals surface area (Å²) >= 11 is 0. The molecule has 0 aromatic heterocycles. The Labute approximate surface area is 240 Å². The van der Waals surface area contributed by atoms with Crippen LogP contribution in [-0.4, -0.2) is 41.2 Å². The number of nitrogen functional groups attached to an aromatic ring is 2. The molecule has 0 saturated heterocycles. The van der Waals surface area contributed by atoms with Crippen molar-refractivity contribution < 1.29 is 34.9 Å². The van der Waals surface area contributed by atoms with E-state index in [1.165, 1.54) is 36.4 Å². The topological polar surface area (TPSA) is 244 Å². The Hall–Kier alpha value is -4.71. The van der Waals surface area contributed by atoms with Gasteiger partial charge in [0.2, 0.25) is 9.84 Å². The van der Waals surface area contributed by atoms with Gasteiger partial charge in [-0.2, -0.15) is 8.42 Å². The predicted molar refractivity (Wildman–Crippen MR) is 153 cm³/mol. The van der Waals surface area contributed by atoms with Gasteiger partial charge in [0, 0.05) is 6.26 Å². The highest BCUT2D eigenvalue weighted by atomic mass is 32.2. The Morgan fingerprint density at radius 2 is 1.21 bits per heavy atom. The maximum atomic E-state index is 13.2. The molecule has 0 atom stereocenters. The molecule has 4 aromatic carbocycles. The van der Waals surface area contributed by atoms with E-state index in [0.29, 0.717) is 0 Å². The molecule has 4 aromatic rings. The van der Waals surface area contributed by atoms with Crippen LogP contribution in [0.4, 0.5) is 34.1 Å². The van der Waals surface area contributed by atoms with Crippen LogP contribution < -0.4 is 11.5 Å². The van der Waals surface area contributed by atoms with Gasteiger partial charge in [-0.15, -0.1) is 20.5 Å². The first-order valence-corrected chi connectivity index (χ1v) is 16.4. The normalized spacial score (nSPS) is 12.7. The van der Waals surface area contributed by atoms with Crippen molar-refractivity contribution in [2.45, 2.75) is 19.6 Å². The van der Waals surface area contributed by atoms with E-state index in [9.17, 15) is 34.9 Å². The van der Waals surface area contributed by atoms with E-state index in [1.807, 2.05) is 0 Å². The fraction of sp³-hybridized carbons (Fsp3) is 0.0400. The van der Waals surface area contributed by atoms with Gasteiger partial charge in [-0.3, -0.25) is 4.55 Å². The Morgan fingerprint density at radius 3 is 1.86 bits per heavy atom. The van der Waals surface area contributed by atoms with Crippen LogP contribution in [0.15, 0.2) is 119 Å². The summed E-state index contributed by atoms with van der Waals surface area (Å²) in [6.45, 7) is 0. The van der Waals surface area contributed by atoms with Gasteiger partial charge in [-0.25, -0.2) is 16.8 Å². The van der Waals surface area contributed by atoms with E-state index >= 15 is 0 Å². The van der Waals surface area contributed by atoms with Crippen molar-refractivity contribution in [2.75, 3.05) is 17.7 Å². The Bertz CT molecular complexity index is 2080. The van der Waals surface area contributed by atoms with Crippen molar-refractivity contribution in [3.8, 4) is 5.75 Å². The Morgan fingerprint density at radius 1 is 0.619 bits per heavy atom. The number of aromatic hydroxyl groups is 1. The molecule has 42 heavy (non-hydrogen) atoms. The SMILES string of the molecule is CS(=O)(=O)c1ccc(O)c(/N=N/c2cc(S(=O)(=O)O)c(N)c(/N=N/c3ccccc3S(=O)(=O)c3ccccc3)c2N)c1. The maximum absolute atomic E-state index is 13.2. The molecule has 0 heterocycles. The van der Waals surface area contributed by atoms with E-state index in [-0.39, 0.29) is 31.7 Å². The molecule has 6 N–H and O–H groups in total. The lowest BCUT2D eigenvalue weighted by Gasteiger charge is -2.11. The lowest BCUT2D eigenvalue weighted by atomic mass is 10.2. The molecule has 0 fully saturated rings. The van der Waals surface area contributed by atoms with Crippen LogP contribution in [0.1, 0.15) is 0 Å². The van der Waals surface area contributed by atoms with Crippen molar-refractivity contribution in [1.29, 1.82) is 0 Å². The summed E-state index contributed by atoms with van der Waals surface area (Å²) in [6.07, 6.45) is 0.942. The van der Waals surface area contributed by atoms with Gasteiger partial charge in [0.05, 0.1) is 26.1 Å². The number of nitrogens with zero attached hydrogens (tertiary/aromatic N) is 4. The summed E-state index contributed by atoms with van der Waals surface area (Å²) in [6, 6.07) is 17.2. The molecule has 4 rings (SSSR count). The summed E-state index contributed by atoms with van der Waals surface area (Å²) in [5.74, 6) is -0.452. The highest BCUT2D eigenvalue weighted by molar-refractivity contribution is 7.91. The Kier molecular flexibility index (Phi) is 8.13. The molecule has 0 bridgehead atoms. The average molecular weight is 631 g/mol. The maximum Gasteiger partial charge on any atom is 0.296 e. The summed E-state index contributed by atoms with van der Waals surface area (Å²) in [7, 11) is -12.7. The molecule has 17 heteroatoms. The van der Waals surface area contributed by atoms with Crippen LogP contribution in [0.2, 0.25) is 0 Å². The van der Waals surface area contributed by atoms with Crippen molar-refractivity contribution in [2.24, 2.45) is 20.5 Å². The molecular weight excluding hydrogens is 609 g/mol. The second-order valence-corrected chi connectivity index (χ2v) is 14.0. The molecule has 0 unspecified atom stereocenters. The summed E-state index contributed by atoms with van der Waals surface area (Å²) < 4.78 is 84.1. The van der Waals surface area contributed by atoms with E-state index < -0.39 is 57.5 Å². The number of anilines is 2. The molecule has 0 aliphatic heterocycles. The smallest absolute Gasteiger partial charge is 0.296 e. The molecule has 0 amide bonds. The number of phenolic OH excluding ortho intramolecular Hbond substituents is 1. The van der Waals surface area contributed by atoms with Crippen molar-refractivity contribution in [3.05, 3.63) is 78.9 Å². The fourth-order valence-electron chi connectivity index (χ4n) is 3.59. The van der Waals surface area contributed by atoms with E-state index in [4.69, 9.17) is 11.5 Å². The van der Waals surface area contributed by atoms with Gasteiger partial charge < -0.3 is 16.6 Å². The highest BCUT2D eigenvalue weighted by Gasteiger charge is 2.24. The zero-order valence-electron chi connectivity index (χ0n) is 21.5. The largest absolute Gasteiger partial charge is 0.506 e. The molecular formula is C25H22N6O8S3. The van der Waals surface area contributed by atoms with E-state index in [2.05, 4.69) is 20.5 Å². The third-order valence-electron chi connectivity index (χ3n) is 5.70. The quantitative estimate of drug-likeness (QED) is 0.117. The van der Waals surface area contributed by atoms with Crippen LogP contribution in [0.3, 0.4) is 0 Å². The number of phenols is 1. The third kappa shape index (κ3) is 6.28. The zero-order chi connectivity index (χ0) is 30.9. The monoisotopic (exact) mass is 630 g/mol. The molecule has 14 nitrogen and oxygen atoms in total. The van der Waals surface area contributed by atoms with Gasteiger partial charge >= 0.3 is 0 Å². The number of hydrogen-bond acceptors (Lipinski definition) is 13. The lowest BCUT2D eigenvalue weighted by Crippen LogP contribution is -2.05. The van der Waals surface area contributed by atoms with Crippen molar-refractivity contribution >= 4 is 63.9 Å². The van der Waals surface area contributed by atoms with Gasteiger partial charge in [0.1, 0.15) is 33.4 Å². The predicted octanol–water partition coefficient (Wildman–Crippen LogP) is 4.87. The highest BCUT2D eigenvalue weighted by Crippen LogP contribution is 2.44. The zero-order valence-corrected chi connectivity index (χ0v) is 24.0. The van der Waals surface area contributed by atoms with Crippen LogP contribution in [0, 0.1) is 0 Å². The van der Waals surface area contributed by atoms with Crippen LogP contribution in [0.25, 0.3) is 0 Å². The minimum Gasteiger partial charge on any atom is -0.506 e. The van der Waals surface area contributed by atoms with Crippen molar-refractivity contribution in [3.63, 3.8) is 0 Å². The van der Waals surface area contributed by atoms with Crippen molar-refractivity contribution in [1.82, 2.24) is 0 Å². The van der Waals surface area contributed by atoms with Gasteiger partial charge in [-0.1, -0.05) is 30.3 Å². The standard InChI is InChI=1S/C25H22N6O8S3/c1-40(33,34)16-11-12-20(32)18(13-16)29-30-19-14-22(42(37,38)39)24(27)25(23(19)26)31-28-17-9-5-6-10-21(17)41(35,36)15-7-3-2-4-8-15/h2-14,32H,26-27H2,1H3,(H,37,38,39)/b30-29+,31-28+. The molecule has 0 saturated carbocycles. The lowest BCUT2D eigenvalue weighted by molar-refractivity contribution is 0.475. The minimum absolute atomic E-state index is 0.00839. The summed E-state index contributed by atoms with van der Waals surface area (Å²) in [4.78, 5) is -1.27. The summed E-state index contributed by atoms with van der Waals surface area (Å²) in [5, 5.41) is 25.5. The van der Waals surface area contributed by atoms with Gasteiger partial charge in [-0.05, 0) is 48.5 Å². The summed E-state index contributed by atoms with van der Waals surface area (Å²) in [5.41, 5.74) is 9.76. The number of sulfone groups is 2. The van der Waals surface area contributed by atoms with Crippen LogP contribution >= 0.6 is 0 Å².